The van der Waals surface area contributed by atoms with Crippen LogP contribution in [0.15, 0.2) is 42.7 Å². The first-order chi connectivity index (χ1) is 14.7. The lowest BCUT2D eigenvalue weighted by Gasteiger charge is -2.25. The Labute approximate surface area is 176 Å². The van der Waals surface area contributed by atoms with Crippen molar-refractivity contribution >= 4 is 11.8 Å². The van der Waals surface area contributed by atoms with Gasteiger partial charge in [0.1, 0.15) is 0 Å². The van der Waals surface area contributed by atoms with Crippen molar-refractivity contribution in [3.05, 3.63) is 53.9 Å². The molecule has 7 heteroatoms. The van der Waals surface area contributed by atoms with Crippen molar-refractivity contribution in [1.29, 1.82) is 0 Å². The Morgan fingerprint density at radius 2 is 1.93 bits per heavy atom. The van der Waals surface area contributed by atoms with Crippen molar-refractivity contribution in [2.75, 3.05) is 19.9 Å². The van der Waals surface area contributed by atoms with E-state index in [1.165, 1.54) is 0 Å². The number of likely N-dealkylation sites (tertiary alicyclic amines) is 1. The average molecular weight is 409 g/mol. The summed E-state index contributed by atoms with van der Waals surface area (Å²) in [6.45, 7) is 2.37. The summed E-state index contributed by atoms with van der Waals surface area (Å²) in [6.07, 6.45) is 7.43. The Morgan fingerprint density at radius 1 is 1.07 bits per heavy atom. The lowest BCUT2D eigenvalue weighted by Crippen LogP contribution is -2.36. The first-order valence-electron chi connectivity index (χ1n) is 10.5. The van der Waals surface area contributed by atoms with Gasteiger partial charge in [-0.15, -0.1) is 0 Å². The molecule has 158 valence electrons. The van der Waals surface area contributed by atoms with Gasteiger partial charge in [0.15, 0.2) is 11.5 Å². The molecule has 0 aliphatic carbocycles. The molecule has 2 aliphatic heterocycles. The van der Waals surface area contributed by atoms with Crippen molar-refractivity contribution in [3.63, 3.8) is 0 Å². The minimum absolute atomic E-state index is 0.0218. The molecule has 0 N–H and O–H groups in total. The maximum absolute atomic E-state index is 13.1. The summed E-state index contributed by atoms with van der Waals surface area (Å²) in [6, 6.07) is 9.58. The fourth-order valence-corrected chi connectivity index (χ4v) is 3.87. The van der Waals surface area contributed by atoms with E-state index in [4.69, 9.17) is 9.47 Å². The van der Waals surface area contributed by atoms with Crippen molar-refractivity contribution < 1.29 is 19.1 Å². The minimum Gasteiger partial charge on any atom is -0.454 e. The number of hydrogen-bond acceptors (Lipinski definition) is 5. The highest BCUT2D eigenvalue weighted by atomic mass is 16.7. The molecule has 1 aromatic carbocycles. The SMILES string of the molecule is O=C1CCCCCN1CCC(=O)N(Cc1cccnc1)Cc1ccc2c(c1)OCO2. The van der Waals surface area contributed by atoms with Gasteiger partial charge in [0, 0.05) is 51.4 Å². The van der Waals surface area contributed by atoms with Crippen LogP contribution in [-0.2, 0) is 22.7 Å². The zero-order chi connectivity index (χ0) is 20.8. The van der Waals surface area contributed by atoms with E-state index >= 15 is 0 Å². The van der Waals surface area contributed by atoms with Crippen LogP contribution in [0.3, 0.4) is 0 Å². The number of pyridine rings is 1. The number of ether oxygens (including phenoxy) is 2. The normalized spacial score (nSPS) is 15.7. The number of benzene rings is 1. The standard InChI is InChI=1S/C23H27N3O4/c27-22-6-2-1-3-11-25(22)12-9-23(28)26(16-19-5-4-10-24-14-19)15-18-7-8-20-21(13-18)30-17-29-20/h4-5,7-8,10,13-14H,1-3,6,9,11-12,15-17H2. The van der Waals surface area contributed by atoms with Gasteiger partial charge in [-0.2, -0.15) is 0 Å². The van der Waals surface area contributed by atoms with Gasteiger partial charge in [-0.05, 0) is 42.2 Å². The van der Waals surface area contributed by atoms with Crippen LogP contribution in [0.25, 0.3) is 0 Å². The fourth-order valence-electron chi connectivity index (χ4n) is 3.87. The predicted octanol–water partition coefficient (Wildman–Crippen LogP) is 3.13. The summed E-state index contributed by atoms with van der Waals surface area (Å²) >= 11 is 0. The van der Waals surface area contributed by atoms with E-state index in [2.05, 4.69) is 4.98 Å². The third kappa shape index (κ3) is 5.09. The van der Waals surface area contributed by atoms with Gasteiger partial charge < -0.3 is 19.3 Å². The Balaban J connectivity index is 1.45. The Hall–Kier alpha value is -3.09. The molecule has 0 radical (unpaired) electrons. The summed E-state index contributed by atoms with van der Waals surface area (Å²) in [5, 5.41) is 0. The molecule has 0 bridgehead atoms. The van der Waals surface area contributed by atoms with Gasteiger partial charge in [0.2, 0.25) is 18.6 Å². The highest BCUT2D eigenvalue weighted by molar-refractivity contribution is 5.79. The first-order valence-corrected chi connectivity index (χ1v) is 10.5. The van der Waals surface area contributed by atoms with Crippen LogP contribution in [0.4, 0.5) is 0 Å². The second kappa shape index (κ2) is 9.61. The molecule has 0 atom stereocenters. The molecule has 30 heavy (non-hydrogen) atoms. The van der Waals surface area contributed by atoms with E-state index in [0.717, 1.165) is 42.7 Å². The second-order valence-electron chi connectivity index (χ2n) is 7.74. The monoisotopic (exact) mass is 409 g/mol. The van der Waals surface area contributed by atoms with Gasteiger partial charge in [-0.25, -0.2) is 0 Å². The highest BCUT2D eigenvalue weighted by Crippen LogP contribution is 2.33. The molecule has 4 rings (SSSR count). The minimum atomic E-state index is 0.0218. The van der Waals surface area contributed by atoms with Crippen LogP contribution in [0.5, 0.6) is 11.5 Å². The van der Waals surface area contributed by atoms with Crippen LogP contribution < -0.4 is 9.47 Å². The van der Waals surface area contributed by atoms with E-state index in [1.54, 1.807) is 12.4 Å². The van der Waals surface area contributed by atoms with Gasteiger partial charge >= 0.3 is 0 Å². The topological polar surface area (TPSA) is 72.0 Å². The quantitative estimate of drug-likeness (QED) is 0.703. The summed E-state index contributed by atoms with van der Waals surface area (Å²) in [5.74, 6) is 1.61. The number of fused-ring (bicyclic) bond motifs is 1. The maximum atomic E-state index is 13.1. The summed E-state index contributed by atoms with van der Waals surface area (Å²) < 4.78 is 10.8. The van der Waals surface area contributed by atoms with Gasteiger partial charge in [-0.3, -0.25) is 14.6 Å². The van der Waals surface area contributed by atoms with Gasteiger partial charge in [0.25, 0.3) is 0 Å². The zero-order valence-corrected chi connectivity index (χ0v) is 17.1. The van der Waals surface area contributed by atoms with Gasteiger partial charge in [0.05, 0.1) is 0 Å². The number of carbonyl (C=O) groups is 2. The molecule has 0 saturated carbocycles. The molecule has 0 unspecified atom stereocenters. The molecule has 3 heterocycles. The number of nitrogens with zero attached hydrogens (tertiary/aromatic N) is 3. The summed E-state index contributed by atoms with van der Waals surface area (Å²) in [5.41, 5.74) is 1.94. The van der Waals surface area contributed by atoms with Crippen molar-refractivity contribution in [2.24, 2.45) is 0 Å². The van der Waals surface area contributed by atoms with Crippen molar-refractivity contribution in [3.8, 4) is 11.5 Å². The third-order valence-electron chi connectivity index (χ3n) is 5.53. The number of amides is 2. The molecule has 2 aliphatic rings. The van der Waals surface area contributed by atoms with Crippen LogP contribution in [0.2, 0.25) is 0 Å². The van der Waals surface area contributed by atoms with Crippen molar-refractivity contribution in [1.82, 2.24) is 14.8 Å². The number of aromatic nitrogens is 1. The number of hydrogen-bond donors (Lipinski definition) is 0. The highest BCUT2D eigenvalue weighted by Gasteiger charge is 2.21. The predicted molar refractivity (Wildman–Crippen MR) is 111 cm³/mol. The van der Waals surface area contributed by atoms with Crippen LogP contribution in [0, 0.1) is 0 Å². The molecule has 2 aromatic rings. The summed E-state index contributed by atoms with van der Waals surface area (Å²) in [7, 11) is 0. The molecule has 1 saturated heterocycles. The summed E-state index contributed by atoms with van der Waals surface area (Å²) in [4.78, 5) is 33.2. The Kier molecular flexibility index (Phi) is 6.47. The number of carbonyl (C=O) groups excluding carboxylic acids is 2. The van der Waals surface area contributed by atoms with Crippen LogP contribution in [0.1, 0.15) is 43.2 Å². The molecular formula is C23H27N3O4. The molecule has 1 aromatic heterocycles. The third-order valence-corrected chi connectivity index (χ3v) is 5.53. The van der Waals surface area contributed by atoms with Crippen LogP contribution in [-0.4, -0.2) is 46.5 Å². The molecule has 7 nitrogen and oxygen atoms in total. The molecule has 0 spiro atoms. The fraction of sp³-hybridized carbons (Fsp3) is 0.435. The van der Waals surface area contributed by atoms with Gasteiger partial charge in [-0.1, -0.05) is 18.6 Å². The van der Waals surface area contributed by atoms with E-state index in [9.17, 15) is 9.59 Å². The average Bonchev–Trinajstić information content (AvgIpc) is 3.13. The lowest BCUT2D eigenvalue weighted by atomic mass is 10.1. The maximum Gasteiger partial charge on any atom is 0.231 e. The second-order valence-corrected chi connectivity index (χ2v) is 7.74. The van der Waals surface area contributed by atoms with E-state index in [0.29, 0.717) is 38.2 Å². The smallest absolute Gasteiger partial charge is 0.231 e. The molecule has 1 fully saturated rings. The molecular weight excluding hydrogens is 382 g/mol. The Morgan fingerprint density at radius 3 is 2.80 bits per heavy atom. The van der Waals surface area contributed by atoms with E-state index in [1.807, 2.05) is 40.1 Å². The first kappa shape index (κ1) is 20.2. The van der Waals surface area contributed by atoms with Crippen molar-refractivity contribution in [2.45, 2.75) is 45.2 Å². The molecule has 2 amide bonds. The van der Waals surface area contributed by atoms with Crippen LogP contribution >= 0.6 is 0 Å². The lowest BCUT2D eigenvalue weighted by molar-refractivity contribution is -0.135. The largest absolute Gasteiger partial charge is 0.454 e. The van der Waals surface area contributed by atoms with E-state index < -0.39 is 0 Å². The zero-order valence-electron chi connectivity index (χ0n) is 17.1. The number of rotatable bonds is 7. The van der Waals surface area contributed by atoms with E-state index in [-0.39, 0.29) is 18.6 Å². The Bertz CT molecular complexity index is 887.